The van der Waals surface area contributed by atoms with Gasteiger partial charge in [-0.3, -0.25) is 4.79 Å². The predicted molar refractivity (Wildman–Crippen MR) is 97.7 cm³/mol. The molecule has 0 saturated heterocycles. The molecule has 0 spiro atoms. The van der Waals surface area contributed by atoms with Crippen LogP contribution in [0.1, 0.15) is 31.4 Å². The number of amides is 1. The molecule has 1 aliphatic carbocycles. The molecule has 0 radical (unpaired) electrons. The van der Waals surface area contributed by atoms with Gasteiger partial charge in [-0.05, 0) is 36.0 Å². The summed E-state index contributed by atoms with van der Waals surface area (Å²) in [5.41, 5.74) is 1.18. The first-order chi connectivity index (χ1) is 12.2. The molecule has 2 aromatic carbocycles. The highest BCUT2D eigenvalue weighted by Crippen LogP contribution is 2.46. The van der Waals surface area contributed by atoms with E-state index in [0.717, 1.165) is 6.42 Å². The van der Waals surface area contributed by atoms with Crippen molar-refractivity contribution in [2.75, 3.05) is 13.7 Å². The predicted octanol–water partition coefficient (Wildman–Crippen LogP) is 3.98. The second-order valence-electron chi connectivity index (χ2n) is 6.58. The Bertz CT molecular complexity index is 701. The van der Waals surface area contributed by atoms with E-state index in [4.69, 9.17) is 9.47 Å². The Morgan fingerprint density at radius 3 is 2.40 bits per heavy atom. The number of hydrogen-bond donors (Lipinski definition) is 1. The van der Waals surface area contributed by atoms with Gasteiger partial charge in [0.1, 0.15) is 0 Å². The molecule has 0 heterocycles. The highest BCUT2D eigenvalue weighted by molar-refractivity contribution is 5.76. The van der Waals surface area contributed by atoms with Gasteiger partial charge >= 0.3 is 0 Å². The Balaban J connectivity index is 1.54. The number of benzene rings is 2. The molecular weight excluding hydrogens is 314 g/mol. The van der Waals surface area contributed by atoms with Crippen molar-refractivity contribution in [3.05, 3.63) is 60.2 Å². The van der Waals surface area contributed by atoms with E-state index in [-0.39, 0.29) is 11.9 Å². The number of para-hydroxylation sites is 2. The van der Waals surface area contributed by atoms with Crippen molar-refractivity contribution < 1.29 is 14.3 Å². The molecule has 25 heavy (non-hydrogen) atoms. The van der Waals surface area contributed by atoms with Gasteiger partial charge in [-0.1, -0.05) is 49.4 Å². The van der Waals surface area contributed by atoms with Crippen LogP contribution in [0.15, 0.2) is 54.6 Å². The van der Waals surface area contributed by atoms with Gasteiger partial charge in [-0.2, -0.15) is 0 Å². The summed E-state index contributed by atoms with van der Waals surface area (Å²) in [6, 6.07) is 17.8. The van der Waals surface area contributed by atoms with Crippen molar-refractivity contribution in [1.82, 2.24) is 5.32 Å². The minimum absolute atomic E-state index is 0.0165. The number of carbonyl (C=O) groups is 1. The van der Waals surface area contributed by atoms with Gasteiger partial charge < -0.3 is 14.8 Å². The average molecular weight is 339 g/mol. The van der Waals surface area contributed by atoms with Gasteiger partial charge in [0.05, 0.1) is 26.2 Å². The molecule has 0 aliphatic heterocycles. The summed E-state index contributed by atoms with van der Waals surface area (Å²) in [7, 11) is 1.61. The van der Waals surface area contributed by atoms with Crippen LogP contribution in [0.2, 0.25) is 0 Å². The quantitative estimate of drug-likeness (QED) is 0.791. The lowest BCUT2D eigenvalue weighted by molar-refractivity contribution is -0.122. The molecule has 1 amide bonds. The first-order valence-corrected chi connectivity index (χ1v) is 8.79. The summed E-state index contributed by atoms with van der Waals surface area (Å²) < 4.78 is 10.9. The zero-order valence-corrected chi connectivity index (χ0v) is 14.8. The molecule has 4 heteroatoms. The first-order valence-electron chi connectivity index (χ1n) is 8.79. The maximum absolute atomic E-state index is 12.4. The SMILES string of the molecule is COc1ccccc1OCCC(=O)NC(c1ccccc1)C1CC1C. The summed E-state index contributed by atoms with van der Waals surface area (Å²) >= 11 is 0. The molecular formula is C21H25NO3. The maximum atomic E-state index is 12.4. The molecule has 1 N–H and O–H groups in total. The zero-order valence-electron chi connectivity index (χ0n) is 14.8. The van der Waals surface area contributed by atoms with E-state index in [1.807, 2.05) is 42.5 Å². The van der Waals surface area contributed by atoms with Gasteiger partial charge in [0, 0.05) is 0 Å². The van der Waals surface area contributed by atoms with Crippen molar-refractivity contribution in [1.29, 1.82) is 0 Å². The largest absolute Gasteiger partial charge is 0.493 e. The number of methoxy groups -OCH3 is 1. The van der Waals surface area contributed by atoms with Gasteiger partial charge in [0.25, 0.3) is 0 Å². The Morgan fingerprint density at radius 1 is 1.12 bits per heavy atom. The number of ether oxygens (including phenoxy) is 2. The third-order valence-electron chi connectivity index (χ3n) is 4.73. The van der Waals surface area contributed by atoms with Gasteiger partial charge in [0.2, 0.25) is 5.91 Å². The van der Waals surface area contributed by atoms with E-state index in [9.17, 15) is 4.79 Å². The molecule has 0 aromatic heterocycles. The molecule has 4 nitrogen and oxygen atoms in total. The summed E-state index contributed by atoms with van der Waals surface area (Å²) in [6.07, 6.45) is 1.49. The molecule has 1 saturated carbocycles. The fraction of sp³-hybridized carbons (Fsp3) is 0.381. The fourth-order valence-corrected chi connectivity index (χ4v) is 3.15. The van der Waals surface area contributed by atoms with Crippen LogP contribution < -0.4 is 14.8 Å². The Hall–Kier alpha value is -2.49. The molecule has 3 rings (SSSR count). The van der Waals surface area contributed by atoms with Crippen molar-refractivity contribution in [3.8, 4) is 11.5 Å². The lowest BCUT2D eigenvalue weighted by atomic mass is 10.0. The van der Waals surface area contributed by atoms with E-state index in [2.05, 4.69) is 24.4 Å². The second kappa shape index (κ2) is 8.06. The van der Waals surface area contributed by atoms with Crippen molar-refractivity contribution in [2.24, 2.45) is 11.8 Å². The van der Waals surface area contributed by atoms with E-state index in [0.29, 0.717) is 36.4 Å². The number of hydrogen-bond acceptors (Lipinski definition) is 3. The van der Waals surface area contributed by atoms with Crippen LogP contribution in [0.5, 0.6) is 11.5 Å². The van der Waals surface area contributed by atoms with Crippen LogP contribution in [-0.2, 0) is 4.79 Å². The number of carbonyl (C=O) groups excluding carboxylic acids is 1. The van der Waals surface area contributed by atoms with Gasteiger partial charge in [-0.15, -0.1) is 0 Å². The molecule has 132 valence electrons. The van der Waals surface area contributed by atoms with Crippen LogP contribution in [0.4, 0.5) is 0 Å². The lowest BCUT2D eigenvalue weighted by Crippen LogP contribution is -2.31. The minimum atomic E-state index is 0.0165. The molecule has 1 aliphatic rings. The van der Waals surface area contributed by atoms with Crippen LogP contribution in [-0.4, -0.2) is 19.6 Å². The smallest absolute Gasteiger partial charge is 0.223 e. The minimum Gasteiger partial charge on any atom is -0.493 e. The van der Waals surface area contributed by atoms with Crippen LogP contribution in [0.3, 0.4) is 0 Å². The topological polar surface area (TPSA) is 47.6 Å². The summed E-state index contributed by atoms with van der Waals surface area (Å²) in [5.74, 6) is 2.55. The standard InChI is InChI=1S/C21H25NO3/c1-15-14-17(15)21(16-8-4-3-5-9-16)22-20(23)12-13-25-19-11-7-6-10-18(19)24-2/h3-11,15,17,21H,12-14H2,1-2H3,(H,22,23). The van der Waals surface area contributed by atoms with E-state index in [1.54, 1.807) is 7.11 Å². The zero-order chi connectivity index (χ0) is 17.6. The van der Waals surface area contributed by atoms with Gasteiger partial charge in [0.15, 0.2) is 11.5 Å². The molecule has 2 aromatic rings. The van der Waals surface area contributed by atoms with Crippen molar-refractivity contribution in [3.63, 3.8) is 0 Å². The van der Waals surface area contributed by atoms with Crippen LogP contribution >= 0.6 is 0 Å². The number of rotatable bonds is 8. The van der Waals surface area contributed by atoms with Crippen LogP contribution in [0.25, 0.3) is 0 Å². The highest BCUT2D eigenvalue weighted by atomic mass is 16.5. The normalized spacial score (nSPS) is 19.8. The monoisotopic (exact) mass is 339 g/mol. The van der Waals surface area contributed by atoms with E-state index in [1.165, 1.54) is 5.56 Å². The maximum Gasteiger partial charge on any atom is 0.223 e. The summed E-state index contributed by atoms with van der Waals surface area (Å²) in [5, 5.41) is 3.19. The molecule has 3 unspecified atom stereocenters. The third kappa shape index (κ3) is 4.53. The van der Waals surface area contributed by atoms with Crippen molar-refractivity contribution in [2.45, 2.75) is 25.8 Å². The Morgan fingerprint density at radius 2 is 1.76 bits per heavy atom. The average Bonchev–Trinajstić information content (AvgIpc) is 3.37. The highest BCUT2D eigenvalue weighted by Gasteiger charge is 2.40. The Labute approximate surface area is 149 Å². The van der Waals surface area contributed by atoms with E-state index < -0.39 is 0 Å². The second-order valence-corrected chi connectivity index (χ2v) is 6.58. The fourth-order valence-electron chi connectivity index (χ4n) is 3.15. The van der Waals surface area contributed by atoms with Gasteiger partial charge in [-0.25, -0.2) is 0 Å². The Kier molecular flexibility index (Phi) is 5.59. The molecule has 0 bridgehead atoms. The summed E-state index contributed by atoms with van der Waals surface area (Å²) in [6.45, 7) is 2.56. The third-order valence-corrected chi connectivity index (χ3v) is 4.73. The lowest BCUT2D eigenvalue weighted by Gasteiger charge is -2.19. The first kappa shape index (κ1) is 17.3. The van der Waals surface area contributed by atoms with Crippen molar-refractivity contribution >= 4 is 5.91 Å². The van der Waals surface area contributed by atoms with E-state index >= 15 is 0 Å². The molecule has 3 atom stereocenters. The number of nitrogens with one attached hydrogen (secondary N) is 1. The molecule has 1 fully saturated rings. The van der Waals surface area contributed by atoms with Crippen LogP contribution in [0, 0.1) is 11.8 Å². The summed E-state index contributed by atoms with van der Waals surface area (Å²) in [4.78, 5) is 12.4.